The predicted molar refractivity (Wildman–Crippen MR) is 22.0 cm³/mol. The maximum atomic E-state index is 9.63. The molecule has 0 saturated heterocycles. The zero-order valence-corrected chi connectivity index (χ0v) is 16.5. The summed E-state index contributed by atoms with van der Waals surface area (Å²) in [5.74, 6) is -4.12. The number of rotatable bonds is 3. The Hall–Kier alpha value is 2.47. The summed E-state index contributed by atoms with van der Waals surface area (Å²) in [5.41, 5.74) is 0. The molecule has 2 atom stereocenters. The average Bonchev–Trinajstić information content (AvgIpc) is 1.84. The Balaban J connectivity index is -0.000000405. The molecular weight excluding hydrogens is 315 g/mol. The van der Waals surface area contributed by atoms with E-state index in [9.17, 15) is 19.8 Å². The fraction of sp³-hybridized carbons (Fsp3) is 0.500. The molecule has 2 N–H and O–H groups in total. The van der Waals surface area contributed by atoms with E-state index < -0.39 is 24.1 Å². The second kappa shape index (κ2) is 10.0. The van der Waals surface area contributed by atoms with Crippen LogP contribution in [0.3, 0.4) is 0 Å². The van der Waals surface area contributed by atoms with E-state index in [4.69, 9.17) is 10.2 Å². The van der Waals surface area contributed by atoms with Gasteiger partial charge in [-0.25, -0.2) is 0 Å². The smallest absolute Gasteiger partial charge is 0.547 e. The van der Waals surface area contributed by atoms with Gasteiger partial charge in [0, 0.05) is 0 Å². The molecule has 0 unspecified atom stereocenters. The minimum absolute atomic E-state index is 0. The first-order valence-corrected chi connectivity index (χ1v) is 2.24. The maximum Gasteiger partial charge on any atom is 1.00 e. The van der Waals surface area contributed by atoms with E-state index in [1.165, 1.54) is 0 Å². The minimum atomic E-state index is -2.44. The summed E-state index contributed by atoms with van der Waals surface area (Å²) in [6.07, 6.45) is -4.88. The molecule has 0 aliphatic carbocycles. The molecule has 0 fully saturated rings. The van der Waals surface area contributed by atoms with Gasteiger partial charge in [0.1, 0.15) is 12.2 Å². The van der Waals surface area contributed by atoms with Gasteiger partial charge < -0.3 is 30.0 Å². The maximum absolute atomic E-state index is 9.63. The van der Waals surface area contributed by atoms with E-state index in [-0.39, 0.29) is 116 Å². The van der Waals surface area contributed by atoms with Crippen molar-refractivity contribution in [1.82, 2.24) is 0 Å². The van der Waals surface area contributed by atoms with Crippen LogP contribution >= 0.6 is 0 Å². The molecule has 6 nitrogen and oxygen atoms in total. The number of aliphatic hydroxyl groups excluding tert-OH is 2. The van der Waals surface area contributed by atoms with Crippen LogP contribution in [0.1, 0.15) is 0 Å². The molecule has 0 aliphatic heterocycles. The summed E-state index contributed by atoms with van der Waals surface area (Å²) in [7, 11) is 0. The first kappa shape index (κ1) is 20.0. The Labute approximate surface area is 166 Å². The first-order chi connectivity index (χ1) is 4.46. The zero-order valence-electron chi connectivity index (χ0n) is 6.68. The second-order valence-electron chi connectivity index (χ2n) is 1.53. The van der Waals surface area contributed by atoms with Gasteiger partial charge in [-0.05, 0) is 0 Å². The molecule has 12 heavy (non-hydrogen) atoms. The van der Waals surface area contributed by atoms with Gasteiger partial charge in [-0.2, -0.15) is 0 Å². The van der Waals surface area contributed by atoms with Gasteiger partial charge >= 0.3 is 116 Å². The molecule has 58 valence electrons. The van der Waals surface area contributed by atoms with E-state index >= 15 is 0 Å². The largest absolute Gasteiger partial charge is 1.00 e. The van der Waals surface area contributed by atoms with Crippen LogP contribution in [0.25, 0.3) is 0 Å². The van der Waals surface area contributed by atoms with Crippen LogP contribution in [0.5, 0.6) is 0 Å². The summed E-state index contributed by atoms with van der Waals surface area (Å²) in [6, 6.07) is 0. The summed E-state index contributed by atoms with van der Waals surface area (Å²) < 4.78 is 0. The SMILES string of the molecule is O=C([O-])[C@@H](O)[C@H](O)C(=O)[O-].[Rb+].[Rb+]. The van der Waals surface area contributed by atoms with Gasteiger partial charge in [-0.3, -0.25) is 0 Å². The van der Waals surface area contributed by atoms with Crippen LogP contribution < -0.4 is 127 Å². The van der Waals surface area contributed by atoms with Crippen molar-refractivity contribution >= 4 is 11.9 Å². The number of carbonyl (C=O) groups excluding carboxylic acids is 2. The molecule has 0 aromatic heterocycles. The van der Waals surface area contributed by atoms with E-state index in [1.807, 2.05) is 0 Å². The van der Waals surface area contributed by atoms with Gasteiger partial charge in [0.25, 0.3) is 0 Å². The Kier molecular flexibility index (Phi) is 16.6. The third-order valence-electron chi connectivity index (χ3n) is 0.782. The fourth-order valence-electron chi connectivity index (χ4n) is 0.258. The third kappa shape index (κ3) is 7.84. The van der Waals surface area contributed by atoms with Gasteiger partial charge in [0.15, 0.2) is 0 Å². The van der Waals surface area contributed by atoms with Gasteiger partial charge in [0.2, 0.25) is 0 Å². The van der Waals surface area contributed by atoms with Crippen molar-refractivity contribution in [3.63, 3.8) is 0 Å². The van der Waals surface area contributed by atoms with E-state index in [0.29, 0.717) is 0 Å². The van der Waals surface area contributed by atoms with Crippen molar-refractivity contribution in [1.29, 1.82) is 0 Å². The van der Waals surface area contributed by atoms with Crippen molar-refractivity contribution in [3.8, 4) is 0 Å². The van der Waals surface area contributed by atoms with Gasteiger partial charge in [-0.1, -0.05) is 0 Å². The molecule has 0 bridgehead atoms. The molecule has 0 heterocycles. The molecule has 0 spiro atoms. The summed E-state index contributed by atoms with van der Waals surface area (Å²) in [4.78, 5) is 19.3. The van der Waals surface area contributed by atoms with E-state index in [2.05, 4.69) is 0 Å². The summed E-state index contributed by atoms with van der Waals surface area (Å²) in [5, 5.41) is 35.7. The number of hydrogen-bond acceptors (Lipinski definition) is 6. The van der Waals surface area contributed by atoms with Crippen LogP contribution in [0.15, 0.2) is 0 Å². The second-order valence-corrected chi connectivity index (χ2v) is 1.53. The van der Waals surface area contributed by atoms with Crippen LogP contribution in [0.4, 0.5) is 0 Å². The molecule has 8 heteroatoms. The molecular formula is C4H4O6Rb2. The molecule has 0 rings (SSSR count). The number of carboxylic acids is 2. The molecule has 0 saturated carbocycles. The molecule has 0 radical (unpaired) electrons. The Bertz CT molecular complexity index is 142. The molecule has 0 aromatic rings. The molecule has 0 aliphatic rings. The quantitative estimate of drug-likeness (QED) is 0.533. The van der Waals surface area contributed by atoms with Crippen molar-refractivity contribution in [2.75, 3.05) is 0 Å². The van der Waals surface area contributed by atoms with Crippen molar-refractivity contribution in [2.45, 2.75) is 12.2 Å². The van der Waals surface area contributed by atoms with Crippen LogP contribution in [0, 0.1) is 0 Å². The number of aliphatic carboxylic acids is 2. The fourth-order valence-corrected chi connectivity index (χ4v) is 0.258. The normalized spacial score (nSPS) is 13.2. The summed E-state index contributed by atoms with van der Waals surface area (Å²) >= 11 is 0. The summed E-state index contributed by atoms with van der Waals surface area (Å²) in [6.45, 7) is 0. The first-order valence-electron chi connectivity index (χ1n) is 2.24. The minimum Gasteiger partial charge on any atom is -0.547 e. The Morgan fingerprint density at radius 3 is 1.17 bits per heavy atom. The van der Waals surface area contributed by atoms with Crippen LogP contribution in [-0.2, 0) is 9.59 Å². The predicted octanol–water partition coefficient (Wildman–Crippen LogP) is -10.8. The van der Waals surface area contributed by atoms with Crippen molar-refractivity contribution in [2.24, 2.45) is 0 Å². The Morgan fingerprint density at radius 2 is 1.08 bits per heavy atom. The average molecular weight is 319 g/mol. The van der Waals surface area contributed by atoms with Crippen LogP contribution in [0.2, 0.25) is 0 Å². The number of carboxylic acid groups (broad SMARTS) is 2. The van der Waals surface area contributed by atoms with Gasteiger partial charge in [-0.15, -0.1) is 0 Å². The number of hydrogen-bond donors (Lipinski definition) is 2. The molecule has 0 amide bonds. The standard InChI is InChI=1S/C4H6O6.2Rb/c5-1(3(7)8)2(6)4(9)10;;/h1-2,5-6H,(H,7,8)(H,9,10);;/q;2*+1/p-2/t1-,2-;;/m0../s1. The number of aliphatic hydroxyl groups is 2. The van der Waals surface area contributed by atoms with Gasteiger partial charge in [0.05, 0.1) is 11.9 Å². The topological polar surface area (TPSA) is 121 Å². The van der Waals surface area contributed by atoms with Crippen LogP contribution in [-0.4, -0.2) is 34.4 Å². The van der Waals surface area contributed by atoms with Crippen molar-refractivity contribution in [3.05, 3.63) is 0 Å². The zero-order chi connectivity index (χ0) is 8.31. The van der Waals surface area contributed by atoms with E-state index in [0.717, 1.165) is 0 Å². The number of carbonyl (C=O) groups is 2. The third-order valence-corrected chi connectivity index (χ3v) is 0.782. The van der Waals surface area contributed by atoms with Crippen molar-refractivity contribution < 1.29 is 146 Å². The Morgan fingerprint density at radius 1 is 0.917 bits per heavy atom. The monoisotopic (exact) mass is 318 g/mol. The van der Waals surface area contributed by atoms with E-state index in [1.54, 1.807) is 0 Å². The molecule has 0 aromatic carbocycles.